The van der Waals surface area contributed by atoms with Crippen LogP contribution in [0.15, 0.2) is 6.20 Å². The molecule has 0 spiro atoms. The van der Waals surface area contributed by atoms with Crippen LogP contribution >= 0.6 is 0 Å². The fourth-order valence-corrected chi connectivity index (χ4v) is 3.53. The monoisotopic (exact) mass is 412 g/mol. The van der Waals surface area contributed by atoms with E-state index in [9.17, 15) is 13.2 Å². The standard InChI is InChI=1S/C18H23F3N6O2/c1-10-3-8-29-16-14(11(2)27(26-16)12-4-6-28-7-5-12)24-17-22-9-13(18(19,20)21)15(23-10)25-17/h9-10,12H,3-8H2,1-2H3,(H2,22,23,24,25). The van der Waals surface area contributed by atoms with Crippen molar-refractivity contribution in [2.24, 2.45) is 0 Å². The first-order valence-corrected chi connectivity index (χ1v) is 9.60. The van der Waals surface area contributed by atoms with Crippen LogP contribution in [0.25, 0.3) is 0 Å². The van der Waals surface area contributed by atoms with Crippen LogP contribution < -0.4 is 15.4 Å². The van der Waals surface area contributed by atoms with Gasteiger partial charge in [-0.25, -0.2) is 4.98 Å². The number of nitrogens with zero attached hydrogens (tertiary/aromatic N) is 4. The second-order valence-electron chi connectivity index (χ2n) is 7.31. The number of hydrogen-bond donors (Lipinski definition) is 2. The molecule has 0 aliphatic carbocycles. The molecule has 1 unspecified atom stereocenters. The molecule has 2 aromatic heterocycles. The summed E-state index contributed by atoms with van der Waals surface area (Å²) in [5.41, 5.74) is 0.485. The Morgan fingerprint density at radius 1 is 1.17 bits per heavy atom. The van der Waals surface area contributed by atoms with E-state index in [0.29, 0.717) is 37.8 Å². The van der Waals surface area contributed by atoms with Gasteiger partial charge < -0.3 is 20.1 Å². The Balaban J connectivity index is 1.73. The zero-order chi connectivity index (χ0) is 20.6. The maximum absolute atomic E-state index is 13.3. The van der Waals surface area contributed by atoms with Gasteiger partial charge in [0.1, 0.15) is 17.1 Å². The molecule has 158 valence electrons. The molecule has 2 aliphatic rings. The van der Waals surface area contributed by atoms with Crippen LogP contribution in [0.2, 0.25) is 0 Å². The highest BCUT2D eigenvalue weighted by atomic mass is 19.4. The minimum Gasteiger partial charge on any atom is -0.475 e. The van der Waals surface area contributed by atoms with Crippen molar-refractivity contribution in [1.82, 2.24) is 19.7 Å². The van der Waals surface area contributed by atoms with Crippen LogP contribution in [0.5, 0.6) is 5.88 Å². The predicted molar refractivity (Wildman–Crippen MR) is 99.6 cm³/mol. The van der Waals surface area contributed by atoms with Crippen molar-refractivity contribution in [2.75, 3.05) is 30.5 Å². The maximum atomic E-state index is 13.3. The Hall–Kier alpha value is -2.56. The Bertz CT molecular complexity index is 879. The molecule has 2 aromatic rings. The van der Waals surface area contributed by atoms with Crippen molar-refractivity contribution < 1.29 is 22.6 Å². The van der Waals surface area contributed by atoms with Gasteiger partial charge in [-0.05, 0) is 26.7 Å². The molecule has 4 rings (SSSR count). The van der Waals surface area contributed by atoms with Crippen molar-refractivity contribution in [3.05, 3.63) is 17.5 Å². The van der Waals surface area contributed by atoms with Crippen LogP contribution in [0.4, 0.5) is 30.6 Å². The van der Waals surface area contributed by atoms with Gasteiger partial charge in [-0.2, -0.15) is 18.2 Å². The summed E-state index contributed by atoms with van der Waals surface area (Å²) in [6.07, 6.45) is -1.60. The fourth-order valence-electron chi connectivity index (χ4n) is 3.53. The second-order valence-corrected chi connectivity index (χ2v) is 7.31. The van der Waals surface area contributed by atoms with E-state index in [-0.39, 0.29) is 23.8 Å². The van der Waals surface area contributed by atoms with E-state index < -0.39 is 11.7 Å². The molecule has 1 saturated heterocycles. The molecule has 2 aliphatic heterocycles. The Morgan fingerprint density at radius 3 is 2.66 bits per heavy atom. The molecule has 0 amide bonds. The van der Waals surface area contributed by atoms with Gasteiger partial charge in [0.25, 0.3) is 5.88 Å². The van der Waals surface area contributed by atoms with Crippen molar-refractivity contribution in [1.29, 1.82) is 0 Å². The Morgan fingerprint density at radius 2 is 1.93 bits per heavy atom. The highest BCUT2D eigenvalue weighted by molar-refractivity contribution is 5.64. The number of anilines is 3. The smallest absolute Gasteiger partial charge is 0.421 e. The molecule has 2 N–H and O–H groups in total. The van der Waals surface area contributed by atoms with Crippen molar-refractivity contribution in [3.63, 3.8) is 0 Å². The Labute approximate surface area is 165 Å². The number of aromatic nitrogens is 4. The van der Waals surface area contributed by atoms with Crippen LogP contribution in [0.3, 0.4) is 0 Å². The second kappa shape index (κ2) is 7.69. The fraction of sp³-hybridized carbons (Fsp3) is 0.611. The third-order valence-electron chi connectivity index (χ3n) is 5.16. The highest BCUT2D eigenvalue weighted by Crippen LogP contribution is 2.37. The van der Waals surface area contributed by atoms with E-state index in [4.69, 9.17) is 9.47 Å². The topological polar surface area (TPSA) is 86.1 Å². The maximum Gasteiger partial charge on any atom is 0.421 e. The summed E-state index contributed by atoms with van der Waals surface area (Å²) in [6.45, 7) is 5.30. The first kappa shape index (κ1) is 19.7. The number of hydrogen-bond acceptors (Lipinski definition) is 7. The van der Waals surface area contributed by atoms with Crippen LogP contribution in [0, 0.1) is 6.92 Å². The number of ether oxygens (including phenoxy) is 2. The summed E-state index contributed by atoms with van der Waals surface area (Å²) < 4.78 is 53.2. The molecule has 11 heteroatoms. The summed E-state index contributed by atoms with van der Waals surface area (Å²) in [5, 5.41) is 10.5. The van der Waals surface area contributed by atoms with E-state index in [1.807, 2.05) is 11.6 Å². The number of rotatable bonds is 1. The minimum atomic E-state index is -4.55. The Kier molecular flexibility index (Phi) is 5.24. The van der Waals surface area contributed by atoms with Gasteiger partial charge in [0, 0.05) is 31.9 Å². The summed E-state index contributed by atoms with van der Waals surface area (Å²) >= 11 is 0. The van der Waals surface area contributed by atoms with Gasteiger partial charge in [-0.3, -0.25) is 4.68 Å². The highest BCUT2D eigenvalue weighted by Gasteiger charge is 2.36. The zero-order valence-corrected chi connectivity index (χ0v) is 16.2. The molecule has 29 heavy (non-hydrogen) atoms. The van der Waals surface area contributed by atoms with Gasteiger partial charge in [0.15, 0.2) is 0 Å². The van der Waals surface area contributed by atoms with E-state index in [1.165, 1.54) is 0 Å². The summed E-state index contributed by atoms with van der Waals surface area (Å²) in [7, 11) is 0. The number of halogens is 3. The molecule has 0 radical (unpaired) electrons. The van der Waals surface area contributed by atoms with Gasteiger partial charge in [0.2, 0.25) is 5.95 Å². The van der Waals surface area contributed by atoms with E-state index >= 15 is 0 Å². The van der Waals surface area contributed by atoms with Crippen molar-refractivity contribution in [3.8, 4) is 5.88 Å². The van der Waals surface area contributed by atoms with Crippen molar-refractivity contribution in [2.45, 2.75) is 51.4 Å². The number of fused-ring (bicyclic) bond motifs is 3. The van der Waals surface area contributed by atoms with Crippen LogP contribution in [-0.4, -0.2) is 45.6 Å². The molecule has 2 bridgehead atoms. The third-order valence-corrected chi connectivity index (χ3v) is 5.16. The number of nitrogens with one attached hydrogen (secondary N) is 2. The first-order valence-electron chi connectivity index (χ1n) is 9.60. The predicted octanol–water partition coefficient (Wildman–Crippen LogP) is 3.68. The summed E-state index contributed by atoms with van der Waals surface area (Å²) in [4.78, 5) is 7.96. The lowest BCUT2D eigenvalue weighted by Gasteiger charge is -2.23. The van der Waals surface area contributed by atoms with Crippen LogP contribution in [-0.2, 0) is 10.9 Å². The number of alkyl halides is 3. The molecule has 0 saturated carbocycles. The lowest BCUT2D eigenvalue weighted by atomic mass is 10.1. The molecule has 4 heterocycles. The first-order chi connectivity index (χ1) is 13.8. The van der Waals surface area contributed by atoms with Crippen molar-refractivity contribution >= 4 is 17.5 Å². The molecule has 1 atom stereocenters. The van der Waals surface area contributed by atoms with E-state index in [2.05, 4.69) is 25.7 Å². The van der Waals surface area contributed by atoms with Gasteiger partial charge in [-0.15, -0.1) is 5.10 Å². The van der Waals surface area contributed by atoms with E-state index in [0.717, 1.165) is 24.7 Å². The zero-order valence-electron chi connectivity index (χ0n) is 16.2. The average molecular weight is 412 g/mol. The van der Waals surface area contributed by atoms with E-state index in [1.54, 1.807) is 6.92 Å². The van der Waals surface area contributed by atoms with Gasteiger partial charge in [0.05, 0.1) is 18.3 Å². The van der Waals surface area contributed by atoms with Gasteiger partial charge in [-0.1, -0.05) is 0 Å². The largest absolute Gasteiger partial charge is 0.475 e. The lowest BCUT2D eigenvalue weighted by molar-refractivity contribution is -0.137. The molecule has 8 nitrogen and oxygen atoms in total. The normalized spacial score (nSPS) is 20.7. The molecule has 0 aromatic carbocycles. The quantitative estimate of drug-likeness (QED) is 0.739. The molecular formula is C18H23F3N6O2. The lowest BCUT2D eigenvalue weighted by Crippen LogP contribution is -2.23. The summed E-state index contributed by atoms with van der Waals surface area (Å²) in [6, 6.07) is -0.0988. The average Bonchev–Trinajstić information content (AvgIpc) is 2.96. The minimum absolute atomic E-state index is 0.0501. The summed E-state index contributed by atoms with van der Waals surface area (Å²) in [5.74, 6) is 0.197. The van der Waals surface area contributed by atoms with Crippen LogP contribution in [0.1, 0.15) is 43.5 Å². The molecular weight excluding hydrogens is 389 g/mol. The van der Waals surface area contributed by atoms with Gasteiger partial charge >= 0.3 is 6.18 Å². The third kappa shape index (κ3) is 4.09. The SMILES string of the molecule is Cc1c2c(nn1C1CCOCC1)OCCC(C)Nc1nc(ncc1C(F)(F)F)N2. The molecule has 1 fully saturated rings.